The SMILES string of the molecule is O=C(Nc1ccccc1)N1CCC[C@@H](OCc2cccc(C(F)(F)F)c2)C1. The van der Waals surface area contributed by atoms with Gasteiger partial charge < -0.3 is 15.0 Å². The van der Waals surface area contributed by atoms with Gasteiger partial charge in [0, 0.05) is 18.8 Å². The molecule has 0 spiro atoms. The van der Waals surface area contributed by atoms with Crippen molar-refractivity contribution in [2.45, 2.75) is 31.7 Å². The van der Waals surface area contributed by atoms with Gasteiger partial charge in [0.2, 0.25) is 0 Å². The van der Waals surface area contributed by atoms with Crippen LogP contribution in [0.3, 0.4) is 0 Å². The molecule has 0 radical (unpaired) electrons. The molecule has 27 heavy (non-hydrogen) atoms. The van der Waals surface area contributed by atoms with E-state index in [4.69, 9.17) is 4.74 Å². The molecular weight excluding hydrogens is 357 g/mol. The molecule has 144 valence electrons. The number of likely N-dealkylation sites (tertiary alicyclic amines) is 1. The molecule has 0 saturated carbocycles. The second-order valence-corrected chi connectivity index (χ2v) is 6.52. The zero-order chi connectivity index (χ0) is 19.3. The van der Waals surface area contributed by atoms with E-state index in [1.165, 1.54) is 6.07 Å². The third kappa shape index (κ3) is 5.47. The molecule has 0 aliphatic carbocycles. The summed E-state index contributed by atoms with van der Waals surface area (Å²) in [5.41, 5.74) is 0.501. The second kappa shape index (κ2) is 8.43. The molecule has 1 saturated heterocycles. The van der Waals surface area contributed by atoms with Gasteiger partial charge in [-0.2, -0.15) is 13.2 Å². The summed E-state index contributed by atoms with van der Waals surface area (Å²) in [6.07, 6.45) is -3.01. The van der Waals surface area contributed by atoms with Crippen LogP contribution in [0.2, 0.25) is 0 Å². The Kier molecular flexibility index (Phi) is 6.01. The van der Waals surface area contributed by atoms with Crippen molar-refractivity contribution >= 4 is 11.7 Å². The van der Waals surface area contributed by atoms with Gasteiger partial charge in [-0.15, -0.1) is 0 Å². The van der Waals surface area contributed by atoms with Gasteiger partial charge in [0.05, 0.1) is 18.3 Å². The molecule has 7 heteroatoms. The maximum Gasteiger partial charge on any atom is 0.416 e. The van der Waals surface area contributed by atoms with Crippen LogP contribution in [0.1, 0.15) is 24.0 Å². The molecule has 2 aromatic rings. The highest BCUT2D eigenvalue weighted by atomic mass is 19.4. The van der Waals surface area contributed by atoms with Crippen LogP contribution in [0, 0.1) is 0 Å². The van der Waals surface area contributed by atoms with E-state index in [-0.39, 0.29) is 18.7 Å². The summed E-state index contributed by atoms with van der Waals surface area (Å²) in [6, 6.07) is 14.1. The highest BCUT2D eigenvalue weighted by Crippen LogP contribution is 2.29. The van der Waals surface area contributed by atoms with Crippen LogP contribution in [-0.2, 0) is 17.5 Å². The fourth-order valence-electron chi connectivity index (χ4n) is 3.03. The van der Waals surface area contributed by atoms with Crippen LogP contribution in [0.5, 0.6) is 0 Å². The molecule has 1 aliphatic heterocycles. The number of urea groups is 1. The van der Waals surface area contributed by atoms with Gasteiger partial charge in [-0.25, -0.2) is 4.79 Å². The van der Waals surface area contributed by atoms with Gasteiger partial charge in [-0.1, -0.05) is 30.3 Å². The predicted octanol–water partition coefficient (Wildman–Crippen LogP) is 4.92. The van der Waals surface area contributed by atoms with E-state index in [0.717, 1.165) is 30.7 Å². The molecule has 1 fully saturated rings. The van der Waals surface area contributed by atoms with Crippen LogP contribution in [-0.4, -0.2) is 30.1 Å². The highest BCUT2D eigenvalue weighted by Gasteiger charge is 2.30. The minimum atomic E-state index is -4.37. The number of hydrogen-bond donors (Lipinski definition) is 1. The van der Waals surface area contributed by atoms with Crippen LogP contribution in [0.15, 0.2) is 54.6 Å². The first-order chi connectivity index (χ1) is 12.9. The maximum absolute atomic E-state index is 12.8. The van der Waals surface area contributed by atoms with Crippen LogP contribution < -0.4 is 5.32 Å². The Hall–Kier alpha value is -2.54. The first kappa shape index (κ1) is 19.2. The molecule has 0 aromatic heterocycles. The van der Waals surface area contributed by atoms with Crippen molar-refractivity contribution in [3.8, 4) is 0 Å². The zero-order valence-electron chi connectivity index (χ0n) is 14.7. The average molecular weight is 378 g/mol. The number of piperidine rings is 1. The normalized spacial score (nSPS) is 17.6. The molecular formula is C20H21F3N2O2. The van der Waals surface area contributed by atoms with Gasteiger partial charge in [0.1, 0.15) is 0 Å². The number of hydrogen-bond acceptors (Lipinski definition) is 2. The number of halogens is 3. The van der Waals surface area contributed by atoms with Crippen molar-refractivity contribution in [1.82, 2.24) is 4.90 Å². The summed E-state index contributed by atoms with van der Waals surface area (Å²) in [6.45, 7) is 1.13. The fraction of sp³-hybridized carbons (Fsp3) is 0.350. The van der Waals surface area contributed by atoms with Crippen LogP contribution >= 0.6 is 0 Å². The molecule has 2 amide bonds. The largest absolute Gasteiger partial charge is 0.416 e. The molecule has 1 N–H and O–H groups in total. The number of nitrogens with zero attached hydrogens (tertiary/aromatic N) is 1. The smallest absolute Gasteiger partial charge is 0.372 e. The quantitative estimate of drug-likeness (QED) is 0.821. The maximum atomic E-state index is 12.8. The minimum absolute atomic E-state index is 0.0860. The topological polar surface area (TPSA) is 41.6 Å². The third-order valence-electron chi connectivity index (χ3n) is 4.43. The summed E-state index contributed by atoms with van der Waals surface area (Å²) < 4.78 is 44.1. The van der Waals surface area contributed by atoms with Crippen LogP contribution in [0.25, 0.3) is 0 Å². The van der Waals surface area contributed by atoms with Gasteiger partial charge in [-0.05, 0) is 42.7 Å². The summed E-state index contributed by atoms with van der Waals surface area (Å²) in [4.78, 5) is 14.1. The number of amides is 2. The van der Waals surface area contributed by atoms with Gasteiger partial charge in [-0.3, -0.25) is 0 Å². The molecule has 3 rings (SSSR count). The first-order valence-electron chi connectivity index (χ1n) is 8.80. The lowest BCUT2D eigenvalue weighted by Crippen LogP contribution is -2.45. The third-order valence-corrected chi connectivity index (χ3v) is 4.43. The number of benzene rings is 2. The van der Waals surface area contributed by atoms with Crippen molar-refractivity contribution in [3.63, 3.8) is 0 Å². The average Bonchev–Trinajstić information content (AvgIpc) is 2.67. The van der Waals surface area contributed by atoms with E-state index in [9.17, 15) is 18.0 Å². The van der Waals surface area contributed by atoms with E-state index in [1.54, 1.807) is 11.0 Å². The number of alkyl halides is 3. The van der Waals surface area contributed by atoms with Crippen molar-refractivity contribution in [1.29, 1.82) is 0 Å². The first-order valence-corrected chi connectivity index (χ1v) is 8.80. The van der Waals surface area contributed by atoms with Crippen molar-refractivity contribution in [2.75, 3.05) is 18.4 Å². The number of rotatable bonds is 4. The van der Waals surface area contributed by atoms with E-state index < -0.39 is 11.7 Å². The molecule has 2 aromatic carbocycles. The number of ether oxygens (including phenoxy) is 1. The van der Waals surface area contributed by atoms with Crippen LogP contribution in [0.4, 0.5) is 23.7 Å². The van der Waals surface area contributed by atoms with Crippen molar-refractivity contribution in [3.05, 3.63) is 65.7 Å². The number of anilines is 1. The minimum Gasteiger partial charge on any atom is -0.372 e. The standard InChI is InChI=1S/C20H21F3N2O2/c21-20(22,23)16-7-4-6-15(12-16)14-27-18-10-5-11-25(13-18)19(26)24-17-8-2-1-3-9-17/h1-4,6-9,12,18H,5,10-11,13-14H2,(H,24,26)/t18-/m1/s1. The Morgan fingerprint density at radius 2 is 1.93 bits per heavy atom. The van der Waals surface area contributed by atoms with E-state index >= 15 is 0 Å². The highest BCUT2D eigenvalue weighted by molar-refractivity contribution is 5.89. The molecule has 1 atom stereocenters. The Bertz CT molecular complexity index is 765. The number of carbonyl (C=O) groups excluding carboxylic acids is 1. The van der Waals surface area contributed by atoms with Crippen molar-refractivity contribution < 1.29 is 22.7 Å². The summed E-state index contributed by atoms with van der Waals surface area (Å²) in [7, 11) is 0. The lowest BCUT2D eigenvalue weighted by Gasteiger charge is -2.32. The molecule has 1 aliphatic rings. The van der Waals surface area contributed by atoms with Crippen molar-refractivity contribution in [2.24, 2.45) is 0 Å². The zero-order valence-corrected chi connectivity index (χ0v) is 14.7. The Morgan fingerprint density at radius 1 is 1.15 bits per heavy atom. The number of para-hydroxylation sites is 1. The molecule has 1 heterocycles. The molecule has 4 nitrogen and oxygen atoms in total. The number of carbonyl (C=O) groups is 1. The Morgan fingerprint density at radius 3 is 2.67 bits per heavy atom. The number of nitrogens with one attached hydrogen (secondary N) is 1. The summed E-state index contributed by atoms with van der Waals surface area (Å²) >= 11 is 0. The fourth-order valence-corrected chi connectivity index (χ4v) is 3.03. The lowest BCUT2D eigenvalue weighted by molar-refractivity contribution is -0.137. The van der Waals surface area contributed by atoms with E-state index in [0.29, 0.717) is 18.7 Å². The monoisotopic (exact) mass is 378 g/mol. The molecule has 0 unspecified atom stereocenters. The van der Waals surface area contributed by atoms with Gasteiger partial charge in [0.15, 0.2) is 0 Å². The Labute approximate surface area is 155 Å². The van der Waals surface area contributed by atoms with Gasteiger partial charge >= 0.3 is 12.2 Å². The Balaban J connectivity index is 1.53. The summed E-state index contributed by atoms with van der Waals surface area (Å²) in [5.74, 6) is 0. The second-order valence-electron chi connectivity index (χ2n) is 6.52. The summed E-state index contributed by atoms with van der Waals surface area (Å²) in [5, 5.41) is 2.84. The molecule has 0 bridgehead atoms. The predicted molar refractivity (Wildman–Crippen MR) is 96.3 cm³/mol. The van der Waals surface area contributed by atoms with Gasteiger partial charge in [0.25, 0.3) is 0 Å². The van der Waals surface area contributed by atoms with E-state index in [1.807, 2.05) is 30.3 Å². The van der Waals surface area contributed by atoms with E-state index in [2.05, 4.69) is 5.32 Å². The lowest BCUT2D eigenvalue weighted by atomic mass is 10.1.